The van der Waals surface area contributed by atoms with E-state index in [0.29, 0.717) is 0 Å². The molecule has 1 aromatic carbocycles. The first-order valence-electron chi connectivity index (χ1n) is 5.97. The van der Waals surface area contributed by atoms with Crippen molar-refractivity contribution in [3.8, 4) is 5.75 Å². The molecular weight excluding hydrogens is 210 g/mol. The van der Waals surface area contributed by atoms with E-state index in [1.54, 1.807) is 7.11 Å². The predicted octanol–water partition coefficient (Wildman–Crippen LogP) is 3.77. The Morgan fingerprint density at radius 1 is 1.29 bits per heavy atom. The molecule has 1 heterocycles. The molecule has 0 spiro atoms. The number of H-pyrrole nitrogens is 1. The van der Waals surface area contributed by atoms with Crippen LogP contribution in [0.2, 0.25) is 0 Å². The van der Waals surface area contributed by atoms with Crippen molar-refractivity contribution in [1.82, 2.24) is 4.98 Å². The lowest BCUT2D eigenvalue weighted by atomic mass is 9.81. The number of aromatic nitrogens is 1. The molecular formula is C15H17NO. The van der Waals surface area contributed by atoms with E-state index >= 15 is 0 Å². The quantitative estimate of drug-likeness (QED) is 0.788. The van der Waals surface area contributed by atoms with E-state index in [1.165, 1.54) is 16.6 Å². The van der Waals surface area contributed by atoms with E-state index in [9.17, 15) is 0 Å². The first-order chi connectivity index (χ1) is 8.09. The molecule has 2 heteroatoms. The molecule has 88 valence electrons. The van der Waals surface area contributed by atoms with E-state index < -0.39 is 0 Å². The summed E-state index contributed by atoms with van der Waals surface area (Å²) in [4.78, 5) is 3.46. The molecule has 0 saturated carbocycles. The van der Waals surface area contributed by atoms with Crippen molar-refractivity contribution in [3.05, 3.63) is 35.5 Å². The third-order valence-electron chi connectivity index (χ3n) is 3.48. The van der Waals surface area contributed by atoms with E-state index in [0.717, 1.165) is 17.7 Å². The molecule has 1 aromatic heterocycles. The zero-order chi connectivity index (χ0) is 12.0. The van der Waals surface area contributed by atoms with Gasteiger partial charge in [0, 0.05) is 22.7 Å². The van der Waals surface area contributed by atoms with Crippen LogP contribution in [-0.4, -0.2) is 12.1 Å². The number of hydrogen-bond donors (Lipinski definition) is 1. The minimum absolute atomic E-state index is 0.252. The minimum atomic E-state index is 0.252. The normalized spacial score (nSPS) is 17.1. The monoisotopic (exact) mass is 227 g/mol. The molecule has 2 nitrogen and oxygen atoms in total. The topological polar surface area (TPSA) is 25.0 Å². The maximum absolute atomic E-state index is 5.26. The fourth-order valence-corrected chi connectivity index (χ4v) is 2.54. The number of aromatic amines is 1. The summed E-state index contributed by atoms with van der Waals surface area (Å²) in [5.74, 6) is 0.902. The van der Waals surface area contributed by atoms with Gasteiger partial charge in [-0.2, -0.15) is 0 Å². The summed E-state index contributed by atoms with van der Waals surface area (Å²) in [5.41, 5.74) is 4.08. The Bertz CT molecular complexity index is 605. The van der Waals surface area contributed by atoms with Crippen LogP contribution < -0.4 is 4.74 Å². The molecule has 0 aliphatic heterocycles. The number of allylic oxidation sites excluding steroid dienone is 1. The van der Waals surface area contributed by atoms with Gasteiger partial charge in [0.2, 0.25) is 0 Å². The van der Waals surface area contributed by atoms with Crippen LogP contribution in [0.4, 0.5) is 0 Å². The smallest absolute Gasteiger partial charge is 0.120 e. The van der Waals surface area contributed by atoms with Crippen LogP contribution in [0.1, 0.15) is 25.1 Å². The molecule has 2 aromatic rings. The molecule has 0 atom stereocenters. The van der Waals surface area contributed by atoms with Gasteiger partial charge in [0.15, 0.2) is 0 Å². The van der Waals surface area contributed by atoms with Crippen molar-refractivity contribution in [3.63, 3.8) is 0 Å². The molecule has 0 radical (unpaired) electrons. The average molecular weight is 227 g/mol. The number of rotatable bonds is 1. The lowest BCUT2D eigenvalue weighted by Crippen LogP contribution is -2.14. The maximum atomic E-state index is 5.26. The van der Waals surface area contributed by atoms with Crippen molar-refractivity contribution in [1.29, 1.82) is 0 Å². The van der Waals surface area contributed by atoms with Crippen LogP contribution in [0, 0.1) is 5.41 Å². The van der Waals surface area contributed by atoms with Crippen LogP contribution in [0.3, 0.4) is 0 Å². The second-order valence-electron chi connectivity index (χ2n) is 5.43. The van der Waals surface area contributed by atoms with Gasteiger partial charge in [-0.15, -0.1) is 0 Å². The average Bonchev–Trinajstić information content (AvgIpc) is 2.64. The van der Waals surface area contributed by atoms with Crippen LogP contribution in [0.5, 0.6) is 5.75 Å². The number of fused-ring (bicyclic) bond motifs is 3. The third-order valence-corrected chi connectivity index (χ3v) is 3.48. The molecule has 1 N–H and O–H groups in total. The van der Waals surface area contributed by atoms with Crippen molar-refractivity contribution in [2.75, 3.05) is 7.11 Å². The summed E-state index contributed by atoms with van der Waals surface area (Å²) in [6, 6.07) is 6.25. The van der Waals surface area contributed by atoms with Gasteiger partial charge in [-0.25, -0.2) is 0 Å². The number of benzene rings is 1. The maximum Gasteiger partial charge on any atom is 0.120 e. The largest absolute Gasteiger partial charge is 0.497 e. The highest BCUT2D eigenvalue weighted by Crippen LogP contribution is 2.36. The first kappa shape index (κ1) is 10.5. The lowest BCUT2D eigenvalue weighted by Gasteiger charge is -2.24. The summed E-state index contributed by atoms with van der Waals surface area (Å²) >= 11 is 0. The van der Waals surface area contributed by atoms with Crippen molar-refractivity contribution in [2.45, 2.75) is 20.3 Å². The second kappa shape index (κ2) is 3.39. The standard InChI is InChI=1S/C15H17NO/c1-15(2)7-6-13-12(9-15)11-5-4-10(17-3)8-14(11)16-13/h4-8,16H,9H2,1-3H3. The van der Waals surface area contributed by atoms with E-state index in [2.05, 4.69) is 43.1 Å². The molecule has 0 bridgehead atoms. The van der Waals surface area contributed by atoms with E-state index in [-0.39, 0.29) is 5.41 Å². The van der Waals surface area contributed by atoms with Crippen molar-refractivity contribution in [2.24, 2.45) is 5.41 Å². The molecule has 3 rings (SSSR count). The fraction of sp³-hybridized carbons (Fsp3) is 0.333. The summed E-state index contributed by atoms with van der Waals surface area (Å²) in [6.07, 6.45) is 5.57. The molecule has 0 saturated heterocycles. The highest BCUT2D eigenvalue weighted by molar-refractivity contribution is 5.89. The zero-order valence-electron chi connectivity index (χ0n) is 10.5. The van der Waals surface area contributed by atoms with Crippen LogP contribution in [0.25, 0.3) is 17.0 Å². The summed E-state index contributed by atoms with van der Waals surface area (Å²) < 4.78 is 5.26. The Hall–Kier alpha value is -1.70. The van der Waals surface area contributed by atoms with E-state index in [1.807, 2.05) is 6.07 Å². The fourth-order valence-electron chi connectivity index (χ4n) is 2.54. The Labute approximate surface area is 101 Å². The Morgan fingerprint density at radius 3 is 2.88 bits per heavy atom. The van der Waals surface area contributed by atoms with Gasteiger partial charge in [0.05, 0.1) is 7.11 Å². The molecule has 0 unspecified atom stereocenters. The number of hydrogen-bond acceptors (Lipinski definition) is 1. The lowest BCUT2D eigenvalue weighted by molar-refractivity contribution is 0.415. The van der Waals surface area contributed by atoms with Gasteiger partial charge in [0.1, 0.15) is 5.75 Å². The Kier molecular flexibility index (Phi) is 2.09. The van der Waals surface area contributed by atoms with Crippen LogP contribution >= 0.6 is 0 Å². The number of ether oxygens (including phenoxy) is 1. The third kappa shape index (κ3) is 1.64. The molecule has 0 amide bonds. The first-order valence-corrected chi connectivity index (χ1v) is 5.97. The highest BCUT2D eigenvalue weighted by Gasteiger charge is 2.23. The Morgan fingerprint density at radius 2 is 2.12 bits per heavy atom. The number of nitrogens with one attached hydrogen (secondary N) is 1. The van der Waals surface area contributed by atoms with Gasteiger partial charge in [0.25, 0.3) is 0 Å². The molecule has 0 fully saturated rings. The second-order valence-corrected chi connectivity index (χ2v) is 5.43. The minimum Gasteiger partial charge on any atom is -0.497 e. The summed E-state index contributed by atoms with van der Waals surface area (Å²) in [6.45, 7) is 4.55. The Balaban J connectivity index is 2.21. The van der Waals surface area contributed by atoms with Crippen LogP contribution in [0.15, 0.2) is 24.3 Å². The molecule has 1 aliphatic rings. The summed E-state index contributed by atoms with van der Waals surface area (Å²) in [7, 11) is 1.70. The number of methoxy groups -OCH3 is 1. The van der Waals surface area contributed by atoms with E-state index in [4.69, 9.17) is 4.74 Å². The van der Waals surface area contributed by atoms with Crippen LogP contribution in [-0.2, 0) is 6.42 Å². The van der Waals surface area contributed by atoms with Gasteiger partial charge < -0.3 is 9.72 Å². The van der Waals surface area contributed by atoms with Gasteiger partial charge in [-0.05, 0) is 35.6 Å². The van der Waals surface area contributed by atoms with Gasteiger partial charge >= 0.3 is 0 Å². The SMILES string of the molecule is COc1ccc2c3c([nH]c2c1)C=CC(C)(C)C3. The van der Waals surface area contributed by atoms with Crippen molar-refractivity contribution >= 4 is 17.0 Å². The highest BCUT2D eigenvalue weighted by atomic mass is 16.5. The van der Waals surface area contributed by atoms with Gasteiger partial charge in [-0.1, -0.05) is 19.9 Å². The van der Waals surface area contributed by atoms with Crippen molar-refractivity contribution < 1.29 is 4.74 Å². The predicted molar refractivity (Wildman–Crippen MR) is 71.4 cm³/mol. The zero-order valence-corrected chi connectivity index (χ0v) is 10.5. The summed E-state index contributed by atoms with van der Waals surface area (Å²) in [5, 5.41) is 1.32. The molecule has 1 aliphatic carbocycles. The van der Waals surface area contributed by atoms with Gasteiger partial charge in [-0.3, -0.25) is 0 Å². The molecule has 17 heavy (non-hydrogen) atoms.